The molecule has 2 aromatic rings. The quantitative estimate of drug-likeness (QED) is 0.256. The lowest BCUT2D eigenvalue weighted by molar-refractivity contribution is 0.455. The molecule has 0 fully saturated rings. The molecule has 2 rings (SSSR count). The molecule has 0 radical (unpaired) electrons. The highest BCUT2D eigenvalue weighted by Gasteiger charge is 2.15. The number of hydrogen-bond acceptors (Lipinski definition) is 6. The normalized spacial score (nSPS) is 11.6. The number of aromatic hydroxyl groups is 1. The van der Waals surface area contributed by atoms with Gasteiger partial charge in [-0.15, -0.1) is 5.11 Å². The minimum atomic E-state index is -3.60. The summed E-state index contributed by atoms with van der Waals surface area (Å²) in [7, 11) is -3.60. The van der Waals surface area contributed by atoms with Crippen LogP contribution < -0.4 is 10.3 Å². The highest BCUT2D eigenvalue weighted by molar-refractivity contribution is 9.09. The third-order valence-corrected chi connectivity index (χ3v) is 5.55. The maximum Gasteiger partial charge on any atom is 0.276 e. The average molecular weight is 454 g/mol. The summed E-state index contributed by atoms with van der Waals surface area (Å²) in [4.78, 5) is 17.3. The number of aromatic nitrogens is 1. The second-order valence-electron chi connectivity index (χ2n) is 5.37. The Kier molecular flexibility index (Phi) is 6.84. The van der Waals surface area contributed by atoms with Crippen LogP contribution in [0.15, 0.2) is 44.2 Å². The minimum Gasteiger partial charge on any atom is -0.503 e. The van der Waals surface area contributed by atoms with Gasteiger partial charge in [0.15, 0.2) is 5.88 Å². The van der Waals surface area contributed by atoms with E-state index in [1.54, 1.807) is 0 Å². The van der Waals surface area contributed by atoms with Crippen LogP contribution in [0.2, 0.25) is 0 Å². The molecule has 0 saturated carbocycles. The van der Waals surface area contributed by atoms with Gasteiger partial charge in [-0.1, -0.05) is 15.9 Å². The van der Waals surface area contributed by atoms with Crippen molar-refractivity contribution >= 4 is 43.0 Å². The minimum absolute atomic E-state index is 0.0879. The number of rotatable bonds is 7. The number of azo groups is 1. The lowest BCUT2D eigenvalue weighted by Gasteiger charge is -2.06. The van der Waals surface area contributed by atoms with Crippen molar-refractivity contribution < 1.29 is 13.5 Å². The van der Waals surface area contributed by atoms with Crippen LogP contribution in [0.3, 0.4) is 0 Å². The van der Waals surface area contributed by atoms with Crippen LogP contribution in [0.5, 0.6) is 5.88 Å². The molecule has 0 unspecified atom stereocenters. The first-order chi connectivity index (χ1) is 12.8. The molecule has 27 heavy (non-hydrogen) atoms. The van der Waals surface area contributed by atoms with Gasteiger partial charge < -0.3 is 10.1 Å². The van der Waals surface area contributed by atoms with Gasteiger partial charge in [-0.2, -0.15) is 5.11 Å². The van der Waals surface area contributed by atoms with E-state index in [1.807, 2.05) is 0 Å². The van der Waals surface area contributed by atoms with E-state index in [1.165, 1.54) is 31.2 Å². The van der Waals surface area contributed by atoms with Gasteiger partial charge in [0.25, 0.3) is 5.56 Å². The number of alkyl halides is 1. The lowest BCUT2D eigenvalue weighted by atomic mass is 10.2. The van der Waals surface area contributed by atoms with Gasteiger partial charge in [0.2, 0.25) is 15.7 Å². The predicted octanol–water partition coefficient (Wildman–Crippen LogP) is 3.42. The molecule has 9 nitrogen and oxygen atoms in total. The van der Waals surface area contributed by atoms with E-state index in [0.29, 0.717) is 24.0 Å². The fourth-order valence-electron chi connectivity index (χ4n) is 2.10. The number of H-pyrrole nitrogens is 1. The summed E-state index contributed by atoms with van der Waals surface area (Å²) in [5, 5.41) is 18.0. The number of nitrogens with zero attached hydrogens (tertiary/aromatic N) is 3. The first-order valence-corrected chi connectivity index (χ1v) is 10.3. The summed E-state index contributed by atoms with van der Waals surface area (Å²) in [5.74, 6) is -0.520. The van der Waals surface area contributed by atoms with Crippen LogP contribution in [-0.4, -0.2) is 30.4 Å². The van der Waals surface area contributed by atoms with Crippen LogP contribution in [0, 0.1) is 13.5 Å². The molecule has 1 heterocycles. The van der Waals surface area contributed by atoms with Gasteiger partial charge in [-0.25, -0.2) is 18.0 Å². The molecule has 1 aromatic heterocycles. The van der Waals surface area contributed by atoms with E-state index in [4.69, 9.17) is 6.57 Å². The fourth-order valence-corrected chi connectivity index (χ4v) is 3.45. The standard InChI is InChI=1S/C16H16BrN5O4S/c1-10-13(18-2)15(23)20-16(24)14(10)22-21-11-4-6-12(7-5-11)27(25,26)19-9-3-8-17/h4-7,19H,3,8-9H2,1H3,(H2,20,23,24). The van der Waals surface area contributed by atoms with Crippen LogP contribution in [0.1, 0.15) is 12.0 Å². The number of halogens is 1. The van der Waals surface area contributed by atoms with Gasteiger partial charge in [-0.05, 0) is 43.2 Å². The van der Waals surface area contributed by atoms with Crippen molar-refractivity contribution in [2.45, 2.75) is 18.2 Å². The van der Waals surface area contributed by atoms with Crippen molar-refractivity contribution in [1.29, 1.82) is 0 Å². The Morgan fingerprint density at radius 2 is 1.96 bits per heavy atom. The Bertz CT molecular complexity index is 1060. The fraction of sp³-hybridized carbons (Fsp3) is 0.250. The topological polar surface area (TPSA) is 128 Å². The molecule has 0 aliphatic rings. The summed E-state index contributed by atoms with van der Waals surface area (Å²) < 4.78 is 26.7. The molecule has 11 heteroatoms. The van der Waals surface area contributed by atoms with Gasteiger partial charge in [0.05, 0.1) is 17.2 Å². The van der Waals surface area contributed by atoms with E-state index in [0.717, 1.165) is 0 Å². The Hall–Kier alpha value is -2.55. The molecule has 1 aromatic carbocycles. The molecule has 0 saturated heterocycles. The second kappa shape index (κ2) is 8.90. The molecule has 0 aliphatic heterocycles. The molecule has 0 spiro atoms. The zero-order valence-electron chi connectivity index (χ0n) is 14.2. The van der Waals surface area contributed by atoms with Crippen molar-refractivity contribution in [2.75, 3.05) is 11.9 Å². The molecular weight excluding hydrogens is 438 g/mol. The summed E-state index contributed by atoms with van der Waals surface area (Å²) in [5.41, 5.74) is -0.376. The third-order valence-electron chi connectivity index (χ3n) is 3.51. The van der Waals surface area contributed by atoms with Crippen molar-refractivity contribution in [3.63, 3.8) is 0 Å². The van der Waals surface area contributed by atoms with E-state index in [-0.39, 0.29) is 21.8 Å². The summed E-state index contributed by atoms with van der Waals surface area (Å²) in [6.07, 6.45) is 0.665. The summed E-state index contributed by atoms with van der Waals surface area (Å²) in [6.45, 7) is 8.83. The van der Waals surface area contributed by atoms with Gasteiger partial charge in [0.1, 0.15) is 5.69 Å². The summed E-state index contributed by atoms with van der Waals surface area (Å²) in [6, 6.07) is 5.65. The number of sulfonamides is 1. The molecule has 142 valence electrons. The smallest absolute Gasteiger partial charge is 0.276 e. The molecule has 0 aliphatic carbocycles. The first-order valence-electron chi connectivity index (χ1n) is 7.71. The Morgan fingerprint density at radius 3 is 2.56 bits per heavy atom. The van der Waals surface area contributed by atoms with E-state index >= 15 is 0 Å². The van der Waals surface area contributed by atoms with Gasteiger partial charge >= 0.3 is 0 Å². The monoisotopic (exact) mass is 453 g/mol. The number of aromatic amines is 1. The van der Waals surface area contributed by atoms with Gasteiger partial charge in [-0.3, -0.25) is 4.79 Å². The van der Waals surface area contributed by atoms with E-state index in [2.05, 4.69) is 40.7 Å². The molecule has 0 atom stereocenters. The van der Waals surface area contributed by atoms with E-state index in [9.17, 15) is 18.3 Å². The molecule has 0 bridgehead atoms. The molecule has 3 N–H and O–H groups in total. The van der Waals surface area contributed by atoms with Crippen LogP contribution in [0.4, 0.5) is 17.1 Å². The Morgan fingerprint density at radius 1 is 1.30 bits per heavy atom. The van der Waals surface area contributed by atoms with Gasteiger partial charge in [0, 0.05) is 11.9 Å². The van der Waals surface area contributed by atoms with Crippen molar-refractivity contribution in [1.82, 2.24) is 9.71 Å². The van der Waals surface area contributed by atoms with Crippen LogP contribution in [-0.2, 0) is 10.0 Å². The maximum atomic E-state index is 12.1. The van der Waals surface area contributed by atoms with Crippen LogP contribution in [0.25, 0.3) is 4.85 Å². The van der Waals surface area contributed by atoms with Crippen molar-refractivity contribution in [3.05, 3.63) is 51.6 Å². The largest absolute Gasteiger partial charge is 0.503 e. The number of pyridine rings is 1. The number of benzene rings is 1. The SMILES string of the molecule is [C-]#[N+]c1c(O)[nH]c(=O)c(N=Nc2ccc(S(=O)(=O)NCCCBr)cc2)c1C. The third kappa shape index (κ3) is 5.00. The van der Waals surface area contributed by atoms with Crippen molar-refractivity contribution in [3.8, 4) is 5.88 Å². The zero-order valence-corrected chi connectivity index (χ0v) is 16.6. The molecule has 0 amide bonds. The Balaban J connectivity index is 2.25. The number of hydrogen-bond donors (Lipinski definition) is 3. The van der Waals surface area contributed by atoms with Crippen molar-refractivity contribution in [2.24, 2.45) is 10.2 Å². The number of nitrogens with one attached hydrogen (secondary N) is 2. The molecular formula is C16H16BrN5O4S. The average Bonchev–Trinajstić information content (AvgIpc) is 2.62. The Labute approximate surface area is 164 Å². The second-order valence-corrected chi connectivity index (χ2v) is 7.93. The van der Waals surface area contributed by atoms with E-state index < -0.39 is 21.5 Å². The van der Waals surface area contributed by atoms with Crippen LogP contribution >= 0.6 is 15.9 Å². The maximum absolute atomic E-state index is 12.1. The zero-order chi connectivity index (χ0) is 20.0. The summed E-state index contributed by atoms with van der Waals surface area (Å²) >= 11 is 3.23. The lowest BCUT2D eigenvalue weighted by Crippen LogP contribution is -2.24. The predicted molar refractivity (Wildman–Crippen MR) is 104 cm³/mol. The first kappa shape index (κ1) is 20.8. The highest BCUT2D eigenvalue weighted by Crippen LogP contribution is 2.32. The highest BCUT2D eigenvalue weighted by atomic mass is 79.9.